The lowest BCUT2D eigenvalue weighted by molar-refractivity contribution is -0.124. The van der Waals surface area contributed by atoms with E-state index in [0.717, 1.165) is 11.0 Å². The first-order chi connectivity index (χ1) is 12.8. The number of nitrogens with one attached hydrogen (secondary N) is 3. The molecule has 7 heteroatoms. The van der Waals surface area contributed by atoms with Crippen LogP contribution in [-0.2, 0) is 14.9 Å². The van der Waals surface area contributed by atoms with Gasteiger partial charge < -0.3 is 20.4 Å². The highest BCUT2D eigenvalue weighted by molar-refractivity contribution is 5.81. The van der Waals surface area contributed by atoms with Crippen molar-refractivity contribution in [1.29, 1.82) is 0 Å². The fraction of sp³-hybridized carbons (Fsp3) is 0.571. The van der Waals surface area contributed by atoms with Crippen molar-refractivity contribution in [1.82, 2.24) is 20.6 Å². The second-order valence-corrected chi connectivity index (χ2v) is 9.13. The van der Waals surface area contributed by atoms with Gasteiger partial charge in [-0.25, -0.2) is 9.78 Å². The monoisotopic (exact) mass is 388 g/mol. The van der Waals surface area contributed by atoms with Crippen LogP contribution >= 0.6 is 0 Å². The molecule has 1 aromatic heterocycles. The molecule has 0 fully saturated rings. The Balaban J connectivity index is 2.41. The van der Waals surface area contributed by atoms with Crippen LogP contribution in [0.3, 0.4) is 0 Å². The molecular formula is C21H32N4O3. The minimum Gasteiger partial charge on any atom is -0.444 e. The summed E-state index contributed by atoms with van der Waals surface area (Å²) in [5.74, 6) is -0.222. The average Bonchev–Trinajstić information content (AvgIpc) is 2.98. The van der Waals surface area contributed by atoms with Gasteiger partial charge in [-0.2, -0.15) is 0 Å². The summed E-state index contributed by atoms with van der Waals surface area (Å²) < 4.78 is 5.37. The zero-order valence-corrected chi connectivity index (χ0v) is 18.1. The zero-order chi connectivity index (χ0) is 21.3. The maximum Gasteiger partial charge on any atom is 0.408 e. The van der Waals surface area contributed by atoms with Crippen molar-refractivity contribution in [3.05, 3.63) is 29.6 Å². The van der Waals surface area contributed by atoms with Crippen molar-refractivity contribution in [3.63, 3.8) is 0 Å². The van der Waals surface area contributed by atoms with E-state index in [1.807, 2.05) is 12.1 Å². The van der Waals surface area contributed by atoms with Crippen molar-refractivity contribution in [3.8, 4) is 0 Å². The minimum atomic E-state index is -0.653. The average molecular weight is 389 g/mol. The molecule has 0 bridgehead atoms. The van der Waals surface area contributed by atoms with E-state index >= 15 is 0 Å². The molecule has 0 aliphatic heterocycles. The third-order valence-electron chi connectivity index (χ3n) is 4.49. The fourth-order valence-corrected chi connectivity index (χ4v) is 2.89. The number of ether oxygens (including phenoxy) is 1. The number of carbonyl (C=O) groups is 2. The van der Waals surface area contributed by atoms with Crippen LogP contribution < -0.4 is 10.6 Å². The number of amides is 2. The Labute approximate surface area is 166 Å². The number of imidazole rings is 1. The molecule has 0 radical (unpaired) electrons. The number of H-pyrrole nitrogens is 1. The number of alkyl carbamates (subject to hydrolysis) is 1. The van der Waals surface area contributed by atoms with Gasteiger partial charge in [0.2, 0.25) is 5.91 Å². The summed E-state index contributed by atoms with van der Waals surface area (Å²) in [5, 5.41) is 5.42. The number of rotatable bonds is 4. The molecule has 2 amide bonds. The maximum absolute atomic E-state index is 12.4. The van der Waals surface area contributed by atoms with Gasteiger partial charge in [0.25, 0.3) is 0 Å². The molecule has 2 rings (SSSR count). The topological polar surface area (TPSA) is 96.1 Å². The summed E-state index contributed by atoms with van der Waals surface area (Å²) in [6, 6.07) is 5.40. The highest BCUT2D eigenvalue weighted by atomic mass is 16.6. The summed E-state index contributed by atoms with van der Waals surface area (Å²) in [4.78, 5) is 32.5. The number of carbonyl (C=O) groups excluding carboxylic acids is 2. The smallest absolute Gasteiger partial charge is 0.408 e. The van der Waals surface area contributed by atoms with Crippen LogP contribution in [0.1, 0.15) is 65.9 Å². The van der Waals surface area contributed by atoms with Crippen molar-refractivity contribution in [2.75, 3.05) is 7.05 Å². The third kappa shape index (κ3) is 5.24. The molecule has 3 N–H and O–H groups in total. The van der Waals surface area contributed by atoms with Gasteiger partial charge in [-0.05, 0) is 43.9 Å². The van der Waals surface area contributed by atoms with E-state index < -0.39 is 23.7 Å². The molecule has 0 spiro atoms. The van der Waals surface area contributed by atoms with Crippen LogP contribution in [0.2, 0.25) is 0 Å². The van der Waals surface area contributed by atoms with Gasteiger partial charge in [0, 0.05) is 7.05 Å². The Bertz CT molecular complexity index is 859. The van der Waals surface area contributed by atoms with Gasteiger partial charge in [0.05, 0.1) is 17.0 Å². The van der Waals surface area contributed by atoms with E-state index in [4.69, 9.17) is 4.74 Å². The van der Waals surface area contributed by atoms with E-state index in [-0.39, 0.29) is 11.3 Å². The van der Waals surface area contributed by atoms with E-state index in [0.29, 0.717) is 5.82 Å². The zero-order valence-electron chi connectivity index (χ0n) is 18.1. The molecular weight excluding hydrogens is 356 g/mol. The SMILES string of the molecule is CNC(=O)[C@H](C)[C@H](NC(=O)OC(C)(C)C)c1nc2ccc(C(C)(C)C)cc2[nH]1. The first-order valence-corrected chi connectivity index (χ1v) is 9.53. The van der Waals surface area contributed by atoms with E-state index in [1.165, 1.54) is 5.56 Å². The van der Waals surface area contributed by atoms with Crippen LogP contribution in [0.15, 0.2) is 18.2 Å². The predicted octanol–water partition coefficient (Wildman–Crippen LogP) is 3.81. The standard InChI is InChI=1S/C21H32N4O3/c1-12(18(26)22-8)16(25-19(27)28-21(5,6)7)17-23-14-10-9-13(20(2,3)4)11-15(14)24-17/h9-12,16H,1-8H3,(H,22,26)(H,23,24)(H,25,27)/t12-,16+/m1/s1. The molecule has 1 heterocycles. The Morgan fingerprint density at radius 3 is 2.32 bits per heavy atom. The van der Waals surface area contributed by atoms with Crippen molar-refractivity contribution in [2.45, 2.75) is 65.5 Å². The molecule has 0 aliphatic carbocycles. The number of hydrogen-bond acceptors (Lipinski definition) is 4. The van der Waals surface area contributed by atoms with Gasteiger partial charge in [-0.3, -0.25) is 4.79 Å². The van der Waals surface area contributed by atoms with E-state index in [2.05, 4.69) is 47.4 Å². The summed E-state index contributed by atoms with van der Waals surface area (Å²) in [6.45, 7) is 13.6. The summed E-state index contributed by atoms with van der Waals surface area (Å²) >= 11 is 0. The number of aromatic nitrogens is 2. The predicted molar refractivity (Wildman–Crippen MR) is 110 cm³/mol. The van der Waals surface area contributed by atoms with Gasteiger partial charge in [0.15, 0.2) is 0 Å². The van der Waals surface area contributed by atoms with Crippen molar-refractivity contribution < 1.29 is 14.3 Å². The molecule has 154 valence electrons. The van der Waals surface area contributed by atoms with E-state index in [9.17, 15) is 9.59 Å². The quantitative estimate of drug-likeness (QED) is 0.742. The lowest BCUT2D eigenvalue weighted by Crippen LogP contribution is -2.41. The van der Waals surface area contributed by atoms with Gasteiger partial charge in [-0.1, -0.05) is 33.8 Å². The van der Waals surface area contributed by atoms with Crippen LogP contribution in [0.25, 0.3) is 11.0 Å². The number of aromatic amines is 1. The molecule has 7 nitrogen and oxygen atoms in total. The minimum absolute atomic E-state index is 0.00299. The molecule has 28 heavy (non-hydrogen) atoms. The fourth-order valence-electron chi connectivity index (χ4n) is 2.89. The van der Waals surface area contributed by atoms with Crippen LogP contribution in [0.4, 0.5) is 4.79 Å². The molecule has 2 aromatic rings. The molecule has 0 saturated heterocycles. The van der Waals surface area contributed by atoms with Gasteiger partial charge in [0.1, 0.15) is 17.5 Å². The van der Waals surface area contributed by atoms with E-state index in [1.54, 1.807) is 34.7 Å². The molecule has 1 aromatic carbocycles. The van der Waals surface area contributed by atoms with Crippen molar-refractivity contribution in [2.24, 2.45) is 5.92 Å². The normalized spacial score (nSPS) is 14.4. The second-order valence-electron chi connectivity index (χ2n) is 9.13. The lowest BCUT2D eigenvalue weighted by atomic mass is 9.87. The Morgan fingerprint density at radius 2 is 1.79 bits per heavy atom. The highest BCUT2D eigenvalue weighted by Crippen LogP contribution is 2.28. The highest BCUT2D eigenvalue weighted by Gasteiger charge is 2.31. The largest absolute Gasteiger partial charge is 0.444 e. The Hall–Kier alpha value is -2.57. The van der Waals surface area contributed by atoms with Gasteiger partial charge in [-0.15, -0.1) is 0 Å². The first-order valence-electron chi connectivity index (χ1n) is 9.53. The molecule has 0 unspecified atom stereocenters. The molecule has 0 aliphatic rings. The summed E-state index contributed by atoms with van der Waals surface area (Å²) in [5.41, 5.74) is 2.18. The number of hydrogen-bond donors (Lipinski definition) is 3. The first kappa shape index (κ1) is 21.7. The molecule has 2 atom stereocenters. The molecule has 0 saturated carbocycles. The van der Waals surface area contributed by atoms with Gasteiger partial charge >= 0.3 is 6.09 Å². The van der Waals surface area contributed by atoms with Crippen molar-refractivity contribution >= 4 is 23.0 Å². The van der Waals surface area contributed by atoms with Crippen LogP contribution in [-0.4, -0.2) is 34.6 Å². The maximum atomic E-state index is 12.4. The Morgan fingerprint density at radius 1 is 1.14 bits per heavy atom. The van der Waals surface area contributed by atoms with Crippen LogP contribution in [0.5, 0.6) is 0 Å². The second kappa shape index (κ2) is 7.81. The summed E-state index contributed by atoms with van der Waals surface area (Å²) in [6.07, 6.45) is -0.593. The summed E-state index contributed by atoms with van der Waals surface area (Å²) in [7, 11) is 1.57. The van der Waals surface area contributed by atoms with Crippen LogP contribution in [0, 0.1) is 5.92 Å². The Kier molecular flexibility index (Phi) is 6.06. The number of nitrogens with zero attached hydrogens (tertiary/aromatic N) is 1. The third-order valence-corrected chi connectivity index (χ3v) is 4.49. The lowest BCUT2D eigenvalue weighted by Gasteiger charge is -2.25. The number of benzene rings is 1. The number of fused-ring (bicyclic) bond motifs is 1.